The molecule has 0 aliphatic heterocycles. The van der Waals surface area contributed by atoms with E-state index in [2.05, 4.69) is 15.9 Å². The number of aliphatic hydroxyl groups is 1. The number of rotatable bonds is 5. The van der Waals surface area contributed by atoms with E-state index in [1.54, 1.807) is 60.9 Å². The molecule has 0 unspecified atom stereocenters. The molecule has 0 amide bonds. The van der Waals surface area contributed by atoms with Crippen molar-refractivity contribution in [3.05, 3.63) is 29.8 Å². The molecule has 0 radical (unpaired) electrons. The lowest BCUT2D eigenvalue weighted by molar-refractivity contribution is 0.191. The number of methoxy groups -OCH3 is 1. The number of hydrogen-bond acceptors (Lipinski definition) is 4. The van der Waals surface area contributed by atoms with Crippen molar-refractivity contribution >= 4 is 48.4 Å². The second-order valence-electron chi connectivity index (χ2n) is 3.64. The summed E-state index contributed by atoms with van der Waals surface area (Å²) in [5.74, 6) is 0.604. The number of sulfone groups is 1. The molecule has 0 fully saturated rings. The number of aliphatic hydroxyl groups excluding tert-OH is 1. The summed E-state index contributed by atoms with van der Waals surface area (Å²) in [5, 5.41) is 10.2. The summed E-state index contributed by atoms with van der Waals surface area (Å²) in [4.78, 5) is 0. The molecule has 18 heavy (non-hydrogen) atoms. The predicted molar refractivity (Wildman–Crippen MR) is 83.1 cm³/mol. The van der Waals surface area contributed by atoms with E-state index < -0.39 is 17.6 Å². The molecule has 0 spiro atoms. The second kappa shape index (κ2) is 6.06. The first-order valence-electron chi connectivity index (χ1n) is 5.18. The van der Waals surface area contributed by atoms with Gasteiger partial charge in [0.2, 0.25) is 1.66 Å². The lowest BCUT2D eigenvalue weighted by Crippen LogP contribution is -2.33. The molecule has 0 aromatic heterocycles. The normalized spacial score (nSPS) is 16.9. The third kappa shape index (κ3) is 3.17. The van der Waals surface area contributed by atoms with Crippen LogP contribution in [0.25, 0.3) is 0 Å². The van der Waals surface area contributed by atoms with Gasteiger partial charge < -0.3 is 9.84 Å². The SMILES string of the molecule is CCS(=O)(=O)[C@](Br)(I)[C@H](O)c1ccc(OC)cc1. The van der Waals surface area contributed by atoms with Crippen molar-refractivity contribution in [3.63, 3.8) is 0 Å². The topological polar surface area (TPSA) is 63.6 Å². The van der Waals surface area contributed by atoms with Crippen molar-refractivity contribution in [2.45, 2.75) is 14.7 Å². The minimum Gasteiger partial charge on any atom is -0.497 e. The number of halogens is 2. The van der Waals surface area contributed by atoms with Crippen molar-refractivity contribution in [1.82, 2.24) is 0 Å². The smallest absolute Gasteiger partial charge is 0.207 e. The molecular weight excluding hydrogens is 435 g/mol. The average molecular weight is 449 g/mol. The van der Waals surface area contributed by atoms with E-state index in [0.717, 1.165) is 0 Å². The van der Waals surface area contributed by atoms with Gasteiger partial charge in [0.25, 0.3) is 0 Å². The number of ether oxygens (including phenoxy) is 1. The average Bonchev–Trinajstić information content (AvgIpc) is 2.37. The minimum absolute atomic E-state index is 0.0472. The Bertz CT molecular complexity index is 498. The van der Waals surface area contributed by atoms with E-state index in [-0.39, 0.29) is 5.75 Å². The molecule has 0 aliphatic rings. The number of benzene rings is 1. The summed E-state index contributed by atoms with van der Waals surface area (Å²) in [5.41, 5.74) is 0.513. The van der Waals surface area contributed by atoms with Gasteiger partial charge in [-0.15, -0.1) is 0 Å². The van der Waals surface area contributed by atoms with Gasteiger partial charge in [-0.05, 0) is 40.3 Å². The van der Waals surface area contributed by atoms with Crippen LogP contribution in [-0.2, 0) is 9.84 Å². The van der Waals surface area contributed by atoms with Crippen LogP contribution >= 0.6 is 38.5 Å². The van der Waals surface area contributed by atoms with Gasteiger partial charge in [-0.1, -0.05) is 35.0 Å². The number of alkyl halides is 2. The van der Waals surface area contributed by atoms with Crippen LogP contribution in [0.3, 0.4) is 0 Å². The zero-order chi connectivity index (χ0) is 14.0. The quantitative estimate of drug-likeness (QED) is 0.555. The Morgan fingerprint density at radius 2 is 1.94 bits per heavy atom. The molecule has 102 valence electrons. The van der Waals surface area contributed by atoms with Gasteiger partial charge in [0.05, 0.1) is 7.11 Å². The predicted octanol–water partition coefficient (Wildman–Crippen LogP) is 2.65. The zero-order valence-electron chi connectivity index (χ0n) is 9.93. The largest absolute Gasteiger partial charge is 0.497 e. The molecule has 0 bridgehead atoms. The lowest BCUT2D eigenvalue weighted by atomic mass is 10.1. The molecule has 7 heteroatoms. The Hall–Kier alpha value is 0.140. The third-order valence-corrected chi connectivity index (χ3v) is 8.87. The highest BCUT2D eigenvalue weighted by molar-refractivity contribution is 14.1. The molecule has 1 rings (SSSR count). The van der Waals surface area contributed by atoms with Crippen LogP contribution < -0.4 is 4.74 Å². The highest BCUT2D eigenvalue weighted by Crippen LogP contribution is 2.45. The van der Waals surface area contributed by atoms with Gasteiger partial charge in [-0.25, -0.2) is 8.42 Å². The molecule has 1 aromatic rings. The monoisotopic (exact) mass is 448 g/mol. The Morgan fingerprint density at radius 3 is 2.33 bits per heavy atom. The molecule has 2 atom stereocenters. The molecular formula is C11H14BrIO4S. The molecule has 1 aromatic carbocycles. The Morgan fingerprint density at radius 1 is 1.44 bits per heavy atom. The Balaban J connectivity index is 3.09. The van der Waals surface area contributed by atoms with Crippen LogP contribution in [-0.4, -0.2) is 28.0 Å². The summed E-state index contributed by atoms with van der Waals surface area (Å²) in [6, 6.07) is 6.64. The maximum absolute atomic E-state index is 11.9. The van der Waals surface area contributed by atoms with Gasteiger partial charge in [0.15, 0.2) is 9.84 Å². The Labute approximate surface area is 129 Å². The molecule has 1 N–H and O–H groups in total. The fraction of sp³-hybridized carbons (Fsp3) is 0.455. The van der Waals surface area contributed by atoms with Crippen LogP contribution in [0, 0.1) is 0 Å². The van der Waals surface area contributed by atoms with Gasteiger partial charge in [-0.2, -0.15) is 0 Å². The van der Waals surface area contributed by atoms with Crippen LogP contribution in [0.15, 0.2) is 24.3 Å². The van der Waals surface area contributed by atoms with Crippen molar-refractivity contribution in [1.29, 1.82) is 0 Å². The lowest BCUT2D eigenvalue weighted by Gasteiger charge is -2.26. The van der Waals surface area contributed by atoms with E-state index in [1.807, 2.05) is 0 Å². The van der Waals surface area contributed by atoms with Crippen molar-refractivity contribution < 1.29 is 18.3 Å². The van der Waals surface area contributed by atoms with Crippen LogP contribution in [0.1, 0.15) is 18.6 Å². The van der Waals surface area contributed by atoms with E-state index in [0.29, 0.717) is 11.3 Å². The van der Waals surface area contributed by atoms with Gasteiger partial charge >= 0.3 is 0 Å². The standard InChI is InChI=1S/C11H14BrIO4S/c1-3-18(15,16)11(12,13)10(14)8-4-6-9(17-2)7-5-8/h4-7,10,14H,3H2,1-2H3/t10-,11-/m1/s1. The molecule has 4 nitrogen and oxygen atoms in total. The first kappa shape index (κ1) is 16.2. The van der Waals surface area contributed by atoms with Crippen LogP contribution in [0.5, 0.6) is 5.75 Å². The van der Waals surface area contributed by atoms with E-state index >= 15 is 0 Å². The van der Waals surface area contributed by atoms with Crippen molar-refractivity contribution in [3.8, 4) is 5.75 Å². The van der Waals surface area contributed by atoms with Gasteiger partial charge in [0.1, 0.15) is 11.9 Å². The summed E-state index contributed by atoms with van der Waals surface area (Å²) in [6.07, 6.45) is -1.16. The molecule has 0 aliphatic carbocycles. The zero-order valence-corrected chi connectivity index (χ0v) is 14.5. The highest BCUT2D eigenvalue weighted by Gasteiger charge is 2.45. The van der Waals surface area contributed by atoms with E-state index in [9.17, 15) is 13.5 Å². The maximum Gasteiger partial charge on any atom is 0.207 e. The van der Waals surface area contributed by atoms with Crippen LogP contribution in [0.4, 0.5) is 0 Å². The molecule has 0 heterocycles. The first-order valence-corrected chi connectivity index (χ1v) is 8.70. The maximum atomic E-state index is 11.9. The van der Waals surface area contributed by atoms with E-state index in [1.165, 1.54) is 0 Å². The fourth-order valence-corrected chi connectivity index (χ4v) is 4.45. The van der Waals surface area contributed by atoms with Gasteiger partial charge in [-0.3, -0.25) is 0 Å². The summed E-state index contributed by atoms with van der Waals surface area (Å²) < 4.78 is 27.4. The van der Waals surface area contributed by atoms with Crippen molar-refractivity contribution in [2.75, 3.05) is 12.9 Å². The Kier molecular flexibility index (Phi) is 5.45. The summed E-state index contributed by atoms with van der Waals surface area (Å²) in [6.45, 7) is 1.55. The fourth-order valence-electron chi connectivity index (χ4n) is 1.34. The minimum atomic E-state index is -3.44. The highest BCUT2D eigenvalue weighted by atomic mass is 127. The molecule has 0 saturated heterocycles. The van der Waals surface area contributed by atoms with E-state index in [4.69, 9.17) is 4.74 Å². The number of hydrogen-bond donors (Lipinski definition) is 1. The third-order valence-electron chi connectivity index (χ3n) is 2.54. The summed E-state index contributed by atoms with van der Waals surface area (Å²) >= 11 is 4.83. The first-order chi connectivity index (χ1) is 8.26. The van der Waals surface area contributed by atoms with Crippen LogP contribution in [0.2, 0.25) is 0 Å². The molecule has 0 saturated carbocycles. The van der Waals surface area contributed by atoms with Gasteiger partial charge in [0, 0.05) is 5.75 Å². The summed E-state index contributed by atoms with van der Waals surface area (Å²) in [7, 11) is -1.90. The second-order valence-corrected chi connectivity index (χ2v) is 11.8. The van der Waals surface area contributed by atoms with Crippen molar-refractivity contribution in [2.24, 2.45) is 0 Å².